The fourth-order valence-corrected chi connectivity index (χ4v) is 5.36. The van der Waals surface area contributed by atoms with E-state index in [-0.39, 0.29) is 0 Å². The Bertz CT molecular complexity index is 977. The normalized spacial score (nSPS) is 26.6. The van der Waals surface area contributed by atoms with Gasteiger partial charge in [0.05, 0.1) is 7.11 Å². The smallest absolute Gasteiger partial charge is 0.142 e. The number of likely N-dealkylation sites (N-methyl/N-ethyl adjacent to an activating group) is 1. The highest BCUT2D eigenvalue weighted by atomic mass is 16.5. The lowest BCUT2D eigenvalue weighted by Crippen LogP contribution is -2.44. The zero-order chi connectivity index (χ0) is 20.0. The first-order chi connectivity index (χ1) is 14.1. The summed E-state index contributed by atoms with van der Waals surface area (Å²) in [4.78, 5) is 2.57. The van der Waals surface area contributed by atoms with Crippen LogP contribution in [0.5, 0.6) is 5.75 Å². The molecule has 0 aliphatic carbocycles. The lowest BCUT2D eigenvalue weighted by atomic mass is 9.74. The van der Waals surface area contributed by atoms with Crippen LogP contribution in [0, 0.1) is 6.92 Å². The number of methoxy groups -OCH3 is 1. The van der Waals surface area contributed by atoms with Crippen molar-refractivity contribution < 1.29 is 9.26 Å². The van der Waals surface area contributed by atoms with E-state index in [0.29, 0.717) is 23.9 Å². The average molecular weight is 389 g/mol. The van der Waals surface area contributed by atoms with Crippen LogP contribution in [0.2, 0.25) is 0 Å². The number of ether oxygens (including phenoxy) is 1. The molecule has 4 atom stereocenters. The van der Waals surface area contributed by atoms with E-state index in [1.807, 2.05) is 24.3 Å². The zero-order valence-electron chi connectivity index (χ0n) is 17.3. The molecular formula is C25H28N2O2. The van der Waals surface area contributed by atoms with E-state index in [0.717, 1.165) is 22.8 Å². The van der Waals surface area contributed by atoms with Crippen molar-refractivity contribution in [3.05, 3.63) is 71.5 Å². The van der Waals surface area contributed by atoms with E-state index < -0.39 is 0 Å². The third kappa shape index (κ3) is 3.25. The Labute approximate surface area is 172 Å². The van der Waals surface area contributed by atoms with Crippen molar-refractivity contribution in [3.8, 4) is 17.0 Å². The molecular weight excluding hydrogens is 360 g/mol. The van der Waals surface area contributed by atoms with E-state index in [2.05, 4.69) is 54.4 Å². The van der Waals surface area contributed by atoms with Gasteiger partial charge in [0.2, 0.25) is 0 Å². The molecule has 1 aromatic heterocycles. The first kappa shape index (κ1) is 18.4. The van der Waals surface area contributed by atoms with E-state index in [1.54, 1.807) is 7.11 Å². The molecule has 2 aliphatic heterocycles. The summed E-state index contributed by atoms with van der Waals surface area (Å²) in [6.45, 7) is 2.15. The summed E-state index contributed by atoms with van der Waals surface area (Å²) in [6, 6.07) is 20.4. The second kappa shape index (κ2) is 7.34. The molecule has 2 aromatic carbocycles. The second-order valence-electron chi connectivity index (χ2n) is 8.59. The number of benzene rings is 2. The van der Waals surface area contributed by atoms with Crippen LogP contribution in [0.3, 0.4) is 0 Å². The summed E-state index contributed by atoms with van der Waals surface area (Å²) in [5.74, 6) is 2.67. The van der Waals surface area contributed by atoms with Crippen molar-refractivity contribution in [3.63, 3.8) is 0 Å². The predicted octanol–water partition coefficient (Wildman–Crippen LogP) is 5.39. The molecule has 2 fully saturated rings. The van der Waals surface area contributed by atoms with Crippen LogP contribution in [0.25, 0.3) is 11.3 Å². The molecule has 0 N–H and O–H groups in total. The fourth-order valence-electron chi connectivity index (χ4n) is 5.36. The van der Waals surface area contributed by atoms with Gasteiger partial charge < -0.3 is 9.26 Å². The summed E-state index contributed by atoms with van der Waals surface area (Å²) < 4.78 is 11.3. The van der Waals surface area contributed by atoms with Gasteiger partial charge in [-0.3, -0.25) is 4.90 Å². The van der Waals surface area contributed by atoms with Gasteiger partial charge >= 0.3 is 0 Å². The Morgan fingerprint density at radius 3 is 2.52 bits per heavy atom. The first-order valence-corrected chi connectivity index (χ1v) is 10.5. The number of fused-ring (bicyclic) bond motifs is 2. The summed E-state index contributed by atoms with van der Waals surface area (Å²) >= 11 is 0. The van der Waals surface area contributed by atoms with Crippen molar-refractivity contribution in [2.45, 2.75) is 50.1 Å². The zero-order valence-corrected chi connectivity index (χ0v) is 17.3. The van der Waals surface area contributed by atoms with E-state index in [4.69, 9.17) is 9.26 Å². The summed E-state index contributed by atoms with van der Waals surface area (Å²) in [5.41, 5.74) is 4.69. The van der Waals surface area contributed by atoms with Crippen molar-refractivity contribution in [2.24, 2.45) is 0 Å². The SMILES string of the molecule is COc1ccc(-c2cc([C@@H]3C4CC[C@H](C[C@@H]3c3ccc(C)cc3)N4C)on2)cc1. The van der Waals surface area contributed by atoms with Gasteiger partial charge in [0.1, 0.15) is 17.2 Å². The first-order valence-electron chi connectivity index (χ1n) is 10.5. The monoisotopic (exact) mass is 388 g/mol. The van der Waals surface area contributed by atoms with Crippen molar-refractivity contribution in [2.75, 3.05) is 14.2 Å². The Balaban J connectivity index is 1.50. The lowest BCUT2D eigenvalue weighted by Gasteiger charge is -2.42. The second-order valence-corrected chi connectivity index (χ2v) is 8.59. The third-order valence-corrected chi connectivity index (χ3v) is 7.02. The number of hydrogen-bond acceptors (Lipinski definition) is 4. The standard InChI is InChI=1S/C25H28N2O2/c1-16-4-6-17(7-5-16)21-14-19-10-13-23(27(19)2)25(21)24-15-22(26-29-24)18-8-11-20(28-3)12-9-18/h4-9,11-12,15,19,21,23,25H,10,13-14H2,1-3H3/t19-,21-,23?,25+/m1/s1. The molecule has 4 heteroatoms. The van der Waals surface area contributed by atoms with Gasteiger partial charge in [-0.05, 0) is 69.0 Å². The molecule has 0 spiro atoms. The van der Waals surface area contributed by atoms with E-state index in [9.17, 15) is 0 Å². The highest BCUT2D eigenvalue weighted by Gasteiger charge is 2.48. The third-order valence-electron chi connectivity index (χ3n) is 7.02. The Morgan fingerprint density at radius 1 is 1.03 bits per heavy atom. The molecule has 2 bridgehead atoms. The molecule has 0 amide bonds. The van der Waals surface area contributed by atoms with Gasteiger partial charge in [0.15, 0.2) is 0 Å². The topological polar surface area (TPSA) is 38.5 Å². The summed E-state index contributed by atoms with van der Waals surface area (Å²) in [6.07, 6.45) is 3.69. The average Bonchev–Trinajstić information content (AvgIpc) is 3.31. The van der Waals surface area contributed by atoms with Gasteiger partial charge in [0, 0.05) is 29.6 Å². The van der Waals surface area contributed by atoms with Crippen LogP contribution in [0.1, 0.15) is 48.0 Å². The van der Waals surface area contributed by atoms with Gasteiger partial charge in [-0.15, -0.1) is 0 Å². The molecule has 1 unspecified atom stereocenters. The summed E-state index contributed by atoms with van der Waals surface area (Å²) in [7, 11) is 3.96. The van der Waals surface area contributed by atoms with Gasteiger partial charge in [0.25, 0.3) is 0 Å². The van der Waals surface area contributed by atoms with Crippen molar-refractivity contribution in [1.82, 2.24) is 10.1 Å². The van der Waals surface area contributed by atoms with Crippen LogP contribution in [-0.4, -0.2) is 36.3 Å². The van der Waals surface area contributed by atoms with Gasteiger partial charge in [-0.25, -0.2) is 0 Å². The number of hydrogen-bond donors (Lipinski definition) is 0. The molecule has 29 heavy (non-hydrogen) atoms. The highest BCUT2D eigenvalue weighted by Crippen LogP contribution is 2.51. The number of nitrogens with zero attached hydrogens (tertiary/aromatic N) is 2. The molecule has 4 nitrogen and oxygen atoms in total. The van der Waals surface area contributed by atoms with Crippen LogP contribution in [0.4, 0.5) is 0 Å². The Morgan fingerprint density at radius 2 is 1.79 bits per heavy atom. The summed E-state index contributed by atoms with van der Waals surface area (Å²) in [5, 5.41) is 4.43. The molecule has 3 heterocycles. The minimum Gasteiger partial charge on any atom is -0.497 e. The molecule has 5 rings (SSSR count). The van der Waals surface area contributed by atoms with Crippen LogP contribution in [0.15, 0.2) is 59.1 Å². The van der Waals surface area contributed by atoms with Crippen molar-refractivity contribution >= 4 is 0 Å². The molecule has 2 saturated heterocycles. The number of rotatable bonds is 4. The fraction of sp³-hybridized carbons (Fsp3) is 0.400. The quantitative estimate of drug-likeness (QED) is 0.600. The minimum absolute atomic E-state index is 0.334. The van der Waals surface area contributed by atoms with E-state index in [1.165, 1.54) is 30.4 Å². The number of piperidine rings is 1. The molecule has 2 aliphatic rings. The maximum atomic E-state index is 5.98. The Hall–Kier alpha value is -2.59. The van der Waals surface area contributed by atoms with Gasteiger partial charge in [-0.2, -0.15) is 0 Å². The highest BCUT2D eigenvalue weighted by molar-refractivity contribution is 5.60. The maximum absolute atomic E-state index is 5.98. The number of aryl methyl sites for hydroxylation is 1. The van der Waals surface area contributed by atoms with E-state index >= 15 is 0 Å². The van der Waals surface area contributed by atoms with Crippen molar-refractivity contribution in [1.29, 1.82) is 0 Å². The molecule has 3 aromatic rings. The van der Waals surface area contributed by atoms with Crippen LogP contribution < -0.4 is 4.74 Å². The Kier molecular flexibility index (Phi) is 4.67. The van der Waals surface area contributed by atoms with Crippen LogP contribution in [-0.2, 0) is 0 Å². The largest absolute Gasteiger partial charge is 0.497 e. The van der Waals surface area contributed by atoms with Gasteiger partial charge in [-0.1, -0.05) is 35.0 Å². The molecule has 0 radical (unpaired) electrons. The maximum Gasteiger partial charge on any atom is 0.142 e. The molecule has 150 valence electrons. The predicted molar refractivity (Wildman–Crippen MR) is 114 cm³/mol. The number of aromatic nitrogens is 1. The lowest BCUT2D eigenvalue weighted by molar-refractivity contribution is 0.122. The van der Waals surface area contributed by atoms with Crippen LogP contribution >= 0.6 is 0 Å². The minimum atomic E-state index is 0.334. The molecule has 0 saturated carbocycles.